The van der Waals surface area contributed by atoms with Crippen molar-refractivity contribution >= 4 is 5.91 Å². The molecule has 4 heterocycles. The number of carbonyl (C=O) groups is 1. The molecule has 1 amide bonds. The second-order valence-corrected chi connectivity index (χ2v) is 6.30. The molecule has 26 heavy (non-hydrogen) atoms. The van der Waals surface area contributed by atoms with Crippen molar-refractivity contribution in [1.82, 2.24) is 30.0 Å². The van der Waals surface area contributed by atoms with Crippen LogP contribution in [0, 0.1) is 6.92 Å². The molecule has 0 N–H and O–H groups in total. The van der Waals surface area contributed by atoms with E-state index in [1.54, 1.807) is 30.7 Å². The number of hydrogen-bond acceptors (Lipinski definition) is 7. The number of amides is 1. The van der Waals surface area contributed by atoms with Crippen LogP contribution in [0.2, 0.25) is 0 Å². The van der Waals surface area contributed by atoms with Crippen molar-refractivity contribution in [1.29, 1.82) is 0 Å². The van der Waals surface area contributed by atoms with Crippen molar-refractivity contribution in [2.75, 3.05) is 13.1 Å². The average Bonchev–Trinajstić information content (AvgIpc) is 3.18. The third-order valence-electron chi connectivity index (χ3n) is 4.55. The minimum absolute atomic E-state index is 0.0187. The lowest BCUT2D eigenvalue weighted by atomic mass is 9.97. The summed E-state index contributed by atoms with van der Waals surface area (Å²) in [7, 11) is 0. The Morgan fingerprint density at radius 2 is 2.19 bits per heavy atom. The van der Waals surface area contributed by atoms with Gasteiger partial charge < -0.3 is 9.32 Å². The maximum absolute atomic E-state index is 12.7. The SMILES string of the molecule is Cc1ncncc1-c1nnc([C@H]2CCCN(C(=O)c3cccnc3)C2)o1. The van der Waals surface area contributed by atoms with E-state index in [-0.39, 0.29) is 11.8 Å². The highest BCUT2D eigenvalue weighted by Gasteiger charge is 2.29. The van der Waals surface area contributed by atoms with Crippen molar-refractivity contribution in [3.63, 3.8) is 0 Å². The maximum atomic E-state index is 12.7. The van der Waals surface area contributed by atoms with Gasteiger partial charge in [0.05, 0.1) is 22.7 Å². The number of hydrogen-bond donors (Lipinski definition) is 0. The normalized spacial score (nSPS) is 17.3. The Kier molecular flexibility index (Phi) is 4.39. The second kappa shape index (κ2) is 6.99. The van der Waals surface area contributed by atoms with Crippen LogP contribution < -0.4 is 0 Å². The Bertz CT molecular complexity index is 911. The van der Waals surface area contributed by atoms with Gasteiger partial charge in [-0.05, 0) is 31.9 Å². The zero-order valence-electron chi connectivity index (χ0n) is 14.4. The Labute approximate surface area is 150 Å². The van der Waals surface area contributed by atoms with E-state index in [9.17, 15) is 4.79 Å². The third kappa shape index (κ3) is 3.17. The first-order valence-electron chi connectivity index (χ1n) is 8.52. The molecule has 0 bridgehead atoms. The molecule has 4 rings (SSSR count). The van der Waals surface area contributed by atoms with E-state index in [1.807, 2.05) is 11.8 Å². The minimum Gasteiger partial charge on any atom is -0.420 e. The molecule has 1 aliphatic rings. The first-order chi connectivity index (χ1) is 12.7. The first kappa shape index (κ1) is 16.3. The molecular weight excluding hydrogens is 332 g/mol. The Morgan fingerprint density at radius 3 is 3.00 bits per heavy atom. The van der Waals surface area contributed by atoms with Crippen LogP contribution >= 0.6 is 0 Å². The summed E-state index contributed by atoms with van der Waals surface area (Å²) in [5, 5.41) is 8.34. The molecule has 132 valence electrons. The maximum Gasteiger partial charge on any atom is 0.255 e. The number of aromatic nitrogens is 5. The van der Waals surface area contributed by atoms with E-state index in [0.717, 1.165) is 30.6 Å². The zero-order chi connectivity index (χ0) is 17.9. The van der Waals surface area contributed by atoms with Gasteiger partial charge in [-0.2, -0.15) is 0 Å². The predicted octanol–water partition coefficient (Wildman–Crippen LogP) is 2.25. The largest absolute Gasteiger partial charge is 0.420 e. The topological polar surface area (TPSA) is 97.9 Å². The van der Waals surface area contributed by atoms with Crippen LogP contribution in [-0.2, 0) is 0 Å². The van der Waals surface area contributed by atoms with Crippen LogP contribution in [0.3, 0.4) is 0 Å². The van der Waals surface area contributed by atoms with Gasteiger partial charge in [0.1, 0.15) is 6.33 Å². The van der Waals surface area contributed by atoms with Gasteiger partial charge in [-0.1, -0.05) is 0 Å². The first-order valence-corrected chi connectivity index (χ1v) is 8.52. The monoisotopic (exact) mass is 350 g/mol. The highest BCUT2D eigenvalue weighted by Crippen LogP contribution is 2.29. The van der Waals surface area contributed by atoms with Crippen molar-refractivity contribution in [2.45, 2.75) is 25.7 Å². The van der Waals surface area contributed by atoms with E-state index >= 15 is 0 Å². The molecule has 1 atom stereocenters. The lowest BCUT2D eigenvalue weighted by molar-refractivity contribution is 0.0698. The van der Waals surface area contributed by atoms with E-state index < -0.39 is 0 Å². The van der Waals surface area contributed by atoms with Gasteiger partial charge >= 0.3 is 0 Å². The van der Waals surface area contributed by atoms with Gasteiger partial charge in [-0.3, -0.25) is 9.78 Å². The molecule has 0 radical (unpaired) electrons. The fraction of sp³-hybridized carbons (Fsp3) is 0.333. The van der Waals surface area contributed by atoms with Gasteiger partial charge in [0.2, 0.25) is 5.89 Å². The number of nitrogens with zero attached hydrogens (tertiary/aromatic N) is 6. The number of aryl methyl sites for hydroxylation is 1. The van der Waals surface area contributed by atoms with Crippen LogP contribution in [0.4, 0.5) is 0 Å². The van der Waals surface area contributed by atoms with Crippen molar-refractivity contribution in [2.24, 2.45) is 0 Å². The number of piperidine rings is 1. The van der Waals surface area contributed by atoms with E-state index in [2.05, 4.69) is 25.1 Å². The molecular formula is C18H18N6O2. The van der Waals surface area contributed by atoms with Gasteiger partial charge in [0.15, 0.2) is 0 Å². The van der Waals surface area contributed by atoms with Gasteiger partial charge in [-0.25, -0.2) is 9.97 Å². The molecule has 1 fully saturated rings. The fourth-order valence-corrected chi connectivity index (χ4v) is 3.14. The molecule has 0 aromatic carbocycles. The highest BCUT2D eigenvalue weighted by molar-refractivity contribution is 5.93. The summed E-state index contributed by atoms with van der Waals surface area (Å²) < 4.78 is 5.87. The Hall–Kier alpha value is -3.16. The van der Waals surface area contributed by atoms with E-state index in [1.165, 1.54) is 6.33 Å². The van der Waals surface area contributed by atoms with Gasteiger partial charge in [-0.15, -0.1) is 10.2 Å². The smallest absolute Gasteiger partial charge is 0.255 e. The molecule has 0 unspecified atom stereocenters. The van der Waals surface area contributed by atoms with Gasteiger partial charge in [0, 0.05) is 31.7 Å². The number of carbonyl (C=O) groups excluding carboxylic acids is 1. The summed E-state index contributed by atoms with van der Waals surface area (Å²) >= 11 is 0. The van der Waals surface area contributed by atoms with Crippen molar-refractivity contribution in [3.05, 3.63) is 54.2 Å². The van der Waals surface area contributed by atoms with E-state index in [0.29, 0.717) is 23.9 Å². The quantitative estimate of drug-likeness (QED) is 0.714. The van der Waals surface area contributed by atoms with Crippen LogP contribution in [-0.4, -0.2) is 49.0 Å². The molecule has 1 aliphatic heterocycles. The highest BCUT2D eigenvalue weighted by atomic mass is 16.4. The lowest BCUT2D eigenvalue weighted by Crippen LogP contribution is -2.39. The van der Waals surface area contributed by atoms with Crippen molar-refractivity contribution < 1.29 is 9.21 Å². The zero-order valence-corrected chi connectivity index (χ0v) is 14.4. The minimum atomic E-state index is -0.0187. The molecule has 0 saturated carbocycles. The summed E-state index contributed by atoms with van der Waals surface area (Å²) in [5.74, 6) is 0.964. The summed E-state index contributed by atoms with van der Waals surface area (Å²) in [6, 6.07) is 3.55. The molecule has 1 saturated heterocycles. The molecule has 3 aromatic heterocycles. The second-order valence-electron chi connectivity index (χ2n) is 6.30. The molecule has 8 nitrogen and oxygen atoms in total. The Balaban J connectivity index is 1.52. The number of pyridine rings is 1. The summed E-state index contributed by atoms with van der Waals surface area (Å²) in [5.41, 5.74) is 2.11. The molecule has 0 spiro atoms. The summed E-state index contributed by atoms with van der Waals surface area (Å²) in [4.78, 5) is 26.7. The summed E-state index contributed by atoms with van der Waals surface area (Å²) in [6.07, 6.45) is 8.20. The number of rotatable bonds is 3. The van der Waals surface area contributed by atoms with E-state index in [4.69, 9.17) is 4.42 Å². The lowest BCUT2D eigenvalue weighted by Gasteiger charge is -2.31. The van der Waals surface area contributed by atoms with Crippen molar-refractivity contribution in [3.8, 4) is 11.5 Å². The molecule has 8 heteroatoms. The van der Waals surface area contributed by atoms with Crippen LogP contribution in [0.15, 0.2) is 41.5 Å². The van der Waals surface area contributed by atoms with Crippen LogP contribution in [0.25, 0.3) is 11.5 Å². The molecule has 3 aromatic rings. The standard InChI is InChI=1S/C18H18N6O2/c1-12-15(9-20-11-21-12)17-23-22-16(26-17)14-5-3-7-24(10-14)18(25)13-4-2-6-19-8-13/h2,4,6,8-9,11,14H,3,5,7,10H2,1H3/t14-/m0/s1. The molecule has 0 aliphatic carbocycles. The predicted molar refractivity (Wildman–Crippen MR) is 92.2 cm³/mol. The number of likely N-dealkylation sites (tertiary alicyclic amines) is 1. The average molecular weight is 350 g/mol. The van der Waals surface area contributed by atoms with Crippen LogP contribution in [0.1, 0.15) is 40.7 Å². The Morgan fingerprint density at radius 1 is 1.27 bits per heavy atom. The summed E-state index contributed by atoms with van der Waals surface area (Å²) in [6.45, 7) is 3.15. The van der Waals surface area contributed by atoms with Gasteiger partial charge in [0.25, 0.3) is 11.8 Å². The third-order valence-corrected chi connectivity index (χ3v) is 4.55. The van der Waals surface area contributed by atoms with Crippen LogP contribution in [0.5, 0.6) is 0 Å². The fourth-order valence-electron chi connectivity index (χ4n) is 3.14.